The third kappa shape index (κ3) is 5.77. The van der Waals surface area contributed by atoms with Gasteiger partial charge in [0.15, 0.2) is 0 Å². The number of nitrogens with one attached hydrogen (secondary N) is 1. The highest BCUT2D eigenvalue weighted by atomic mass is 16.5. The molecule has 2 aliphatic rings. The predicted molar refractivity (Wildman–Crippen MR) is 136 cm³/mol. The molecule has 1 N–H and O–H groups in total. The topological polar surface area (TPSA) is 102 Å². The fourth-order valence-electron chi connectivity index (χ4n) is 4.36. The summed E-state index contributed by atoms with van der Waals surface area (Å²) < 4.78 is 21.6. The maximum Gasteiger partial charge on any atom is 0.227 e. The van der Waals surface area contributed by atoms with Gasteiger partial charge in [-0.3, -0.25) is 4.79 Å². The van der Waals surface area contributed by atoms with Crippen molar-refractivity contribution in [3.8, 4) is 17.1 Å². The molecule has 0 radical (unpaired) electrons. The van der Waals surface area contributed by atoms with Crippen LogP contribution >= 0.6 is 0 Å². The fourth-order valence-corrected chi connectivity index (χ4v) is 4.36. The quantitative estimate of drug-likeness (QED) is 0.507. The van der Waals surface area contributed by atoms with Crippen LogP contribution in [-0.4, -0.2) is 75.8 Å². The molecule has 3 heterocycles. The molecule has 10 heteroatoms. The number of aromatic nitrogens is 2. The lowest BCUT2D eigenvalue weighted by Gasteiger charge is -2.33. The van der Waals surface area contributed by atoms with Crippen LogP contribution in [0.2, 0.25) is 0 Å². The summed E-state index contributed by atoms with van der Waals surface area (Å²) in [5.74, 6) is 1.56. The van der Waals surface area contributed by atoms with Crippen molar-refractivity contribution in [3.63, 3.8) is 0 Å². The second kappa shape index (κ2) is 11.4. The summed E-state index contributed by atoms with van der Waals surface area (Å²) in [6.07, 6.45) is 0.589. The van der Waals surface area contributed by atoms with Crippen LogP contribution in [-0.2, 0) is 20.7 Å². The van der Waals surface area contributed by atoms with Crippen molar-refractivity contribution in [3.05, 3.63) is 48.4 Å². The zero-order valence-corrected chi connectivity index (χ0v) is 20.4. The standard InChI is InChI=1S/C26H31N5O5/c1-33-21-5-2-19(3-6-21)26-28-25(36-29-26)9-8-24(32)27-22-7-4-20(30-10-14-34-15-11-30)18-23(22)31-12-16-35-17-13-31/h2-7,18H,8-17H2,1H3,(H,27,32). The van der Waals surface area contributed by atoms with Crippen molar-refractivity contribution in [2.75, 3.05) is 74.8 Å². The van der Waals surface area contributed by atoms with Crippen molar-refractivity contribution in [2.45, 2.75) is 12.8 Å². The minimum atomic E-state index is -0.104. The molecular formula is C26H31N5O5. The second-order valence-electron chi connectivity index (χ2n) is 8.69. The van der Waals surface area contributed by atoms with E-state index in [1.54, 1.807) is 7.11 Å². The monoisotopic (exact) mass is 493 g/mol. The number of anilines is 3. The Kier molecular flexibility index (Phi) is 7.63. The van der Waals surface area contributed by atoms with E-state index < -0.39 is 0 Å². The van der Waals surface area contributed by atoms with E-state index in [2.05, 4.69) is 37.4 Å². The van der Waals surface area contributed by atoms with E-state index in [1.165, 1.54) is 0 Å². The molecule has 36 heavy (non-hydrogen) atoms. The van der Waals surface area contributed by atoms with Crippen LogP contribution in [0.5, 0.6) is 5.75 Å². The van der Waals surface area contributed by atoms with E-state index in [4.69, 9.17) is 18.7 Å². The van der Waals surface area contributed by atoms with E-state index in [0.717, 1.165) is 67.8 Å². The number of carbonyl (C=O) groups excluding carboxylic acids is 1. The van der Waals surface area contributed by atoms with Crippen LogP contribution in [0, 0.1) is 0 Å². The molecule has 2 aliphatic heterocycles. The zero-order chi connectivity index (χ0) is 24.7. The molecule has 0 unspecified atom stereocenters. The molecular weight excluding hydrogens is 462 g/mol. The lowest BCUT2D eigenvalue weighted by molar-refractivity contribution is -0.116. The Morgan fingerprint density at radius 2 is 1.67 bits per heavy atom. The number of nitrogens with zero attached hydrogens (tertiary/aromatic N) is 4. The van der Waals surface area contributed by atoms with Crippen LogP contribution in [0.25, 0.3) is 11.4 Å². The third-order valence-electron chi connectivity index (χ3n) is 6.37. The molecule has 0 bridgehead atoms. The van der Waals surface area contributed by atoms with Crippen LogP contribution in [0.4, 0.5) is 17.1 Å². The molecule has 5 rings (SSSR count). The second-order valence-corrected chi connectivity index (χ2v) is 8.69. The molecule has 190 valence electrons. The highest BCUT2D eigenvalue weighted by Gasteiger charge is 2.20. The molecule has 0 aliphatic carbocycles. The summed E-state index contributed by atoms with van der Waals surface area (Å²) in [6.45, 7) is 6.07. The van der Waals surface area contributed by atoms with Gasteiger partial charge in [0.25, 0.3) is 0 Å². The lowest BCUT2D eigenvalue weighted by Crippen LogP contribution is -2.38. The molecule has 0 saturated carbocycles. The Bertz CT molecular complexity index is 1150. The van der Waals surface area contributed by atoms with Crippen molar-refractivity contribution in [1.82, 2.24) is 10.1 Å². The van der Waals surface area contributed by atoms with E-state index >= 15 is 0 Å². The smallest absolute Gasteiger partial charge is 0.227 e. The first-order chi connectivity index (χ1) is 17.7. The molecule has 10 nitrogen and oxygen atoms in total. The fraction of sp³-hybridized carbons (Fsp3) is 0.423. The lowest BCUT2D eigenvalue weighted by atomic mass is 10.1. The molecule has 0 atom stereocenters. The van der Waals surface area contributed by atoms with Crippen LogP contribution < -0.4 is 19.9 Å². The summed E-state index contributed by atoms with van der Waals surface area (Å²) in [6, 6.07) is 13.6. The molecule has 1 aromatic heterocycles. The number of amides is 1. The van der Waals surface area contributed by atoms with Crippen molar-refractivity contribution >= 4 is 23.0 Å². The Balaban J connectivity index is 1.24. The van der Waals surface area contributed by atoms with Crippen LogP contribution in [0.3, 0.4) is 0 Å². The first kappa shape index (κ1) is 24.1. The van der Waals surface area contributed by atoms with Gasteiger partial charge in [0.05, 0.1) is 44.9 Å². The summed E-state index contributed by atoms with van der Waals surface area (Å²) in [5.41, 5.74) is 3.76. The number of hydrogen-bond acceptors (Lipinski definition) is 9. The highest BCUT2D eigenvalue weighted by Crippen LogP contribution is 2.32. The van der Waals surface area contributed by atoms with Gasteiger partial charge in [-0.1, -0.05) is 5.16 Å². The van der Waals surface area contributed by atoms with Gasteiger partial charge < -0.3 is 33.9 Å². The summed E-state index contributed by atoms with van der Waals surface area (Å²) >= 11 is 0. The minimum Gasteiger partial charge on any atom is -0.497 e. The van der Waals surface area contributed by atoms with Gasteiger partial charge in [0, 0.05) is 50.3 Å². The van der Waals surface area contributed by atoms with Gasteiger partial charge in [-0.2, -0.15) is 4.98 Å². The van der Waals surface area contributed by atoms with Gasteiger partial charge in [-0.25, -0.2) is 0 Å². The number of rotatable bonds is 8. The van der Waals surface area contributed by atoms with Gasteiger partial charge in [-0.15, -0.1) is 0 Å². The van der Waals surface area contributed by atoms with Gasteiger partial charge >= 0.3 is 0 Å². The average molecular weight is 494 g/mol. The Morgan fingerprint density at radius 3 is 2.36 bits per heavy atom. The third-order valence-corrected chi connectivity index (χ3v) is 6.37. The average Bonchev–Trinajstić information content (AvgIpc) is 3.42. The molecule has 2 saturated heterocycles. The van der Waals surface area contributed by atoms with Gasteiger partial charge in [-0.05, 0) is 42.5 Å². The van der Waals surface area contributed by atoms with Crippen molar-refractivity contribution < 1.29 is 23.5 Å². The first-order valence-electron chi connectivity index (χ1n) is 12.3. The number of aryl methyl sites for hydroxylation is 1. The van der Waals surface area contributed by atoms with Crippen molar-refractivity contribution in [2.24, 2.45) is 0 Å². The number of benzene rings is 2. The number of carbonyl (C=O) groups is 1. The number of hydrogen-bond donors (Lipinski definition) is 1. The maximum atomic E-state index is 12.9. The number of ether oxygens (including phenoxy) is 3. The Labute approximate surface area is 210 Å². The van der Waals surface area contributed by atoms with Crippen LogP contribution in [0.1, 0.15) is 12.3 Å². The highest BCUT2D eigenvalue weighted by molar-refractivity contribution is 5.95. The molecule has 0 spiro atoms. The maximum absolute atomic E-state index is 12.9. The zero-order valence-electron chi connectivity index (χ0n) is 20.4. The van der Waals surface area contributed by atoms with E-state index in [0.29, 0.717) is 31.3 Å². The van der Waals surface area contributed by atoms with E-state index in [-0.39, 0.29) is 12.3 Å². The van der Waals surface area contributed by atoms with Crippen molar-refractivity contribution in [1.29, 1.82) is 0 Å². The van der Waals surface area contributed by atoms with E-state index in [9.17, 15) is 4.79 Å². The normalized spacial score (nSPS) is 16.1. The molecule has 1 amide bonds. The Morgan fingerprint density at radius 1 is 0.972 bits per heavy atom. The largest absolute Gasteiger partial charge is 0.497 e. The summed E-state index contributed by atoms with van der Waals surface area (Å²) in [4.78, 5) is 21.9. The number of methoxy groups -OCH3 is 1. The first-order valence-corrected chi connectivity index (χ1v) is 12.3. The summed E-state index contributed by atoms with van der Waals surface area (Å²) in [5, 5.41) is 7.13. The minimum absolute atomic E-state index is 0.104. The van der Waals surface area contributed by atoms with E-state index in [1.807, 2.05) is 30.3 Å². The van der Waals surface area contributed by atoms with Gasteiger partial charge in [0.2, 0.25) is 17.6 Å². The number of morpholine rings is 2. The van der Waals surface area contributed by atoms with Crippen LogP contribution in [0.15, 0.2) is 47.0 Å². The van der Waals surface area contributed by atoms with Gasteiger partial charge in [0.1, 0.15) is 5.75 Å². The predicted octanol–water partition coefficient (Wildman–Crippen LogP) is 2.99. The molecule has 2 aromatic carbocycles. The molecule has 2 fully saturated rings. The SMILES string of the molecule is COc1ccc(-c2noc(CCC(=O)Nc3ccc(N4CCOCC4)cc3N3CCOCC3)n2)cc1. The Hall–Kier alpha value is -3.63. The summed E-state index contributed by atoms with van der Waals surface area (Å²) in [7, 11) is 1.62. The molecule has 3 aromatic rings.